The van der Waals surface area contributed by atoms with E-state index >= 15 is 0 Å². The van der Waals surface area contributed by atoms with Crippen molar-refractivity contribution in [2.45, 2.75) is 6.61 Å². The topological polar surface area (TPSA) is 106 Å². The van der Waals surface area contributed by atoms with Crippen LogP contribution in [0, 0.1) is 11.3 Å². The molecule has 0 radical (unpaired) electrons. The summed E-state index contributed by atoms with van der Waals surface area (Å²) in [6.07, 6.45) is 1.35. The Bertz CT molecular complexity index is 1380. The summed E-state index contributed by atoms with van der Waals surface area (Å²) in [5.41, 5.74) is 1.89. The standard InChI is InChI=1S/C26H19ClN4O4/c27-20-12-10-18(11-13-20)16-34-23-9-5-4-8-22(23)26(33)35-17-24(32)30-25-19(14-28)15-29-31(25)21-6-2-1-3-7-21/h1-13,15H,16-17H2,(H,30,32). The fraction of sp³-hybridized carbons (Fsp3) is 0.0769. The van der Waals surface area contributed by atoms with Crippen LogP contribution in [0.4, 0.5) is 5.82 Å². The number of hydrogen-bond acceptors (Lipinski definition) is 6. The molecule has 8 nitrogen and oxygen atoms in total. The number of ether oxygens (including phenoxy) is 2. The van der Waals surface area contributed by atoms with E-state index in [9.17, 15) is 14.9 Å². The van der Waals surface area contributed by atoms with Gasteiger partial charge >= 0.3 is 5.97 Å². The van der Waals surface area contributed by atoms with Gasteiger partial charge in [-0.1, -0.05) is 54.1 Å². The summed E-state index contributed by atoms with van der Waals surface area (Å²) in [6, 6.07) is 24.8. The summed E-state index contributed by atoms with van der Waals surface area (Å²) in [5, 5.41) is 16.8. The molecule has 1 amide bonds. The van der Waals surface area contributed by atoms with E-state index in [1.54, 1.807) is 48.5 Å². The molecule has 0 atom stereocenters. The SMILES string of the molecule is N#Cc1cnn(-c2ccccc2)c1NC(=O)COC(=O)c1ccccc1OCc1ccc(Cl)cc1. The molecule has 0 aliphatic rings. The second-order valence-corrected chi connectivity index (χ2v) is 7.74. The van der Waals surface area contributed by atoms with Gasteiger partial charge in [-0.05, 0) is 42.0 Å². The number of nitrogens with one attached hydrogen (secondary N) is 1. The highest BCUT2D eigenvalue weighted by molar-refractivity contribution is 6.30. The minimum atomic E-state index is -0.719. The van der Waals surface area contributed by atoms with Gasteiger partial charge in [-0.2, -0.15) is 10.4 Å². The van der Waals surface area contributed by atoms with Gasteiger partial charge in [0.2, 0.25) is 0 Å². The van der Waals surface area contributed by atoms with Crippen molar-refractivity contribution >= 4 is 29.3 Å². The number of carbonyl (C=O) groups excluding carboxylic acids is 2. The second kappa shape index (κ2) is 11.0. The highest BCUT2D eigenvalue weighted by atomic mass is 35.5. The number of amides is 1. The first kappa shape index (κ1) is 23.5. The maximum absolute atomic E-state index is 12.7. The Balaban J connectivity index is 1.40. The minimum Gasteiger partial charge on any atom is -0.488 e. The summed E-state index contributed by atoms with van der Waals surface area (Å²) in [7, 11) is 0. The van der Waals surface area contributed by atoms with Crippen LogP contribution in [0.25, 0.3) is 5.69 Å². The first-order chi connectivity index (χ1) is 17.0. The molecular formula is C26H19ClN4O4. The molecular weight excluding hydrogens is 468 g/mol. The van der Waals surface area contributed by atoms with Crippen molar-refractivity contribution in [3.8, 4) is 17.5 Å². The molecule has 174 valence electrons. The third-order valence-electron chi connectivity index (χ3n) is 4.90. The van der Waals surface area contributed by atoms with Crippen LogP contribution in [-0.4, -0.2) is 28.3 Å². The van der Waals surface area contributed by atoms with E-state index in [0.29, 0.717) is 16.5 Å². The molecule has 0 fully saturated rings. The Morgan fingerprint density at radius 3 is 2.46 bits per heavy atom. The number of esters is 1. The highest BCUT2D eigenvalue weighted by Gasteiger charge is 2.18. The molecule has 0 bridgehead atoms. The van der Waals surface area contributed by atoms with E-state index < -0.39 is 18.5 Å². The van der Waals surface area contributed by atoms with E-state index in [2.05, 4.69) is 10.4 Å². The number of anilines is 1. The summed E-state index contributed by atoms with van der Waals surface area (Å²) < 4.78 is 12.4. The van der Waals surface area contributed by atoms with E-state index in [0.717, 1.165) is 5.56 Å². The lowest BCUT2D eigenvalue weighted by Gasteiger charge is -2.12. The van der Waals surface area contributed by atoms with Crippen LogP contribution in [0.1, 0.15) is 21.5 Å². The molecule has 4 aromatic rings. The molecule has 0 saturated heterocycles. The van der Waals surface area contributed by atoms with Gasteiger partial charge in [0.15, 0.2) is 12.4 Å². The van der Waals surface area contributed by atoms with Crippen molar-refractivity contribution < 1.29 is 19.1 Å². The van der Waals surface area contributed by atoms with Crippen molar-refractivity contribution in [1.82, 2.24) is 9.78 Å². The van der Waals surface area contributed by atoms with Crippen LogP contribution < -0.4 is 10.1 Å². The molecule has 1 heterocycles. The lowest BCUT2D eigenvalue weighted by Crippen LogP contribution is -2.23. The zero-order valence-electron chi connectivity index (χ0n) is 18.3. The van der Waals surface area contributed by atoms with Crippen molar-refractivity contribution in [2.24, 2.45) is 0 Å². The normalized spacial score (nSPS) is 10.3. The number of carbonyl (C=O) groups is 2. The Kier molecular flexibility index (Phi) is 7.40. The molecule has 9 heteroatoms. The molecule has 0 unspecified atom stereocenters. The number of hydrogen-bond donors (Lipinski definition) is 1. The average Bonchev–Trinajstić information content (AvgIpc) is 3.30. The number of benzene rings is 3. The van der Waals surface area contributed by atoms with Crippen molar-refractivity contribution in [2.75, 3.05) is 11.9 Å². The highest BCUT2D eigenvalue weighted by Crippen LogP contribution is 2.22. The lowest BCUT2D eigenvalue weighted by atomic mass is 10.2. The molecule has 1 N–H and O–H groups in total. The van der Waals surface area contributed by atoms with E-state index in [4.69, 9.17) is 21.1 Å². The minimum absolute atomic E-state index is 0.175. The second-order valence-electron chi connectivity index (χ2n) is 7.30. The molecule has 35 heavy (non-hydrogen) atoms. The molecule has 0 aliphatic carbocycles. The number of nitriles is 1. The van der Waals surface area contributed by atoms with E-state index in [-0.39, 0.29) is 23.6 Å². The van der Waals surface area contributed by atoms with Gasteiger partial charge in [-0.3, -0.25) is 4.79 Å². The number of nitrogens with zero attached hydrogens (tertiary/aromatic N) is 3. The molecule has 1 aromatic heterocycles. The van der Waals surface area contributed by atoms with Crippen molar-refractivity contribution in [3.05, 3.63) is 107 Å². The molecule has 3 aromatic carbocycles. The summed E-state index contributed by atoms with van der Waals surface area (Å²) in [4.78, 5) is 25.2. The number of halogens is 1. The fourth-order valence-corrected chi connectivity index (χ4v) is 3.32. The summed E-state index contributed by atoms with van der Waals surface area (Å²) in [5.74, 6) is -0.829. The van der Waals surface area contributed by atoms with Crippen LogP contribution in [-0.2, 0) is 16.1 Å². The maximum Gasteiger partial charge on any atom is 0.342 e. The van der Waals surface area contributed by atoms with Gasteiger partial charge in [0.05, 0.1) is 11.9 Å². The van der Waals surface area contributed by atoms with Gasteiger partial charge < -0.3 is 14.8 Å². The quantitative estimate of drug-likeness (QED) is 0.359. The summed E-state index contributed by atoms with van der Waals surface area (Å²) in [6.45, 7) is -0.336. The molecule has 4 rings (SSSR count). The Morgan fingerprint density at radius 1 is 1.00 bits per heavy atom. The third kappa shape index (κ3) is 5.85. The Morgan fingerprint density at radius 2 is 1.71 bits per heavy atom. The predicted molar refractivity (Wildman–Crippen MR) is 129 cm³/mol. The first-order valence-corrected chi connectivity index (χ1v) is 10.9. The van der Waals surface area contributed by atoms with Crippen LogP contribution in [0.15, 0.2) is 85.1 Å². The zero-order chi connectivity index (χ0) is 24.6. The fourth-order valence-electron chi connectivity index (χ4n) is 3.20. The van der Waals surface area contributed by atoms with Crippen molar-refractivity contribution in [1.29, 1.82) is 5.26 Å². The molecule has 0 aliphatic heterocycles. The maximum atomic E-state index is 12.7. The number of rotatable bonds is 8. The Labute approximate surface area is 206 Å². The van der Waals surface area contributed by atoms with Gasteiger partial charge in [-0.25, -0.2) is 9.48 Å². The van der Waals surface area contributed by atoms with Crippen LogP contribution in [0.5, 0.6) is 5.75 Å². The monoisotopic (exact) mass is 486 g/mol. The zero-order valence-corrected chi connectivity index (χ0v) is 19.1. The molecule has 0 spiro atoms. The van der Waals surface area contributed by atoms with E-state index in [1.165, 1.54) is 10.9 Å². The van der Waals surface area contributed by atoms with Crippen molar-refractivity contribution in [3.63, 3.8) is 0 Å². The van der Waals surface area contributed by atoms with Gasteiger partial charge in [0.1, 0.15) is 29.6 Å². The Hall–Kier alpha value is -4.61. The summed E-state index contributed by atoms with van der Waals surface area (Å²) >= 11 is 5.90. The predicted octanol–water partition coefficient (Wildman–Crippen LogP) is 4.77. The average molecular weight is 487 g/mol. The molecule has 0 saturated carbocycles. The number of aromatic nitrogens is 2. The van der Waals surface area contributed by atoms with Crippen LogP contribution >= 0.6 is 11.6 Å². The third-order valence-corrected chi connectivity index (χ3v) is 5.15. The van der Waals surface area contributed by atoms with Crippen LogP contribution in [0.2, 0.25) is 5.02 Å². The van der Waals surface area contributed by atoms with Gasteiger partial charge in [0, 0.05) is 5.02 Å². The van der Waals surface area contributed by atoms with Gasteiger partial charge in [0.25, 0.3) is 5.91 Å². The largest absolute Gasteiger partial charge is 0.488 e. The first-order valence-electron chi connectivity index (χ1n) is 10.5. The lowest BCUT2D eigenvalue weighted by molar-refractivity contribution is -0.119. The van der Waals surface area contributed by atoms with Crippen LogP contribution in [0.3, 0.4) is 0 Å². The number of para-hydroxylation sites is 2. The smallest absolute Gasteiger partial charge is 0.342 e. The van der Waals surface area contributed by atoms with Gasteiger partial charge in [-0.15, -0.1) is 0 Å². The van der Waals surface area contributed by atoms with E-state index in [1.807, 2.05) is 36.4 Å².